The topological polar surface area (TPSA) is 9.23 Å². The van der Waals surface area contributed by atoms with E-state index < -0.39 is 0 Å². The van der Waals surface area contributed by atoms with E-state index in [9.17, 15) is 4.39 Å². The fraction of sp³-hybridized carbons (Fsp3) is 0.294. The number of benzene rings is 2. The molecule has 2 aromatic carbocycles. The summed E-state index contributed by atoms with van der Waals surface area (Å²) in [6.45, 7) is 0. The van der Waals surface area contributed by atoms with Crippen LogP contribution in [0.15, 0.2) is 42.5 Å². The molecule has 0 saturated carbocycles. The van der Waals surface area contributed by atoms with Crippen molar-refractivity contribution >= 4 is 27.5 Å². The first-order valence-electron chi connectivity index (χ1n) is 6.92. The average Bonchev–Trinajstić information content (AvgIpc) is 2.87. The summed E-state index contributed by atoms with van der Waals surface area (Å²) in [5.41, 5.74) is 2.20. The van der Waals surface area contributed by atoms with Crippen molar-refractivity contribution in [3.8, 4) is 5.75 Å². The predicted octanol–water partition coefficient (Wildman–Crippen LogP) is 5.35. The second-order valence-electron chi connectivity index (χ2n) is 5.33. The van der Waals surface area contributed by atoms with E-state index in [1.54, 1.807) is 12.1 Å². The molecular formula is C17H15BrClFO. The van der Waals surface area contributed by atoms with Gasteiger partial charge in [0.2, 0.25) is 0 Å². The SMILES string of the molecule is Fc1ccc2c(c1)CC(CC(CBr)c1ccc(Cl)cc1)O2. The lowest BCUT2D eigenvalue weighted by Crippen LogP contribution is -2.18. The molecule has 0 aliphatic carbocycles. The van der Waals surface area contributed by atoms with E-state index >= 15 is 0 Å². The molecule has 0 bridgehead atoms. The van der Waals surface area contributed by atoms with Gasteiger partial charge in [-0.15, -0.1) is 0 Å². The number of halogens is 3. The van der Waals surface area contributed by atoms with Crippen molar-refractivity contribution < 1.29 is 9.13 Å². The molecule has 0 spiro atoms. The Morgan fingerprint density at radius 3 is 2.71 bits per heavy atom. The molecule has 0 radical (unpaired) electrons. The van der Waals surface area contributed by atoms with E-state index in [1.165, 1.54) is 11.6 Å². The second kappa shape index (κ2) is 6.37. The number of rotatable bonds is 4. The fourth-order valence-electron chi connectivity index (χ4n) is 2.76. The summed E-state index contributed by atoms with van der Waals surface area (Å²) < 4.78 is 19.2. The standard InChI is InChI=1S/C17H15BrClFO/c18-10-13(11-1-3-14(19)4-2-11)9-16-8-12-7-15(20)5-6-17(12)21-16/h1-7,13,16H,8-10H2. The third-order valence-corrected chi connectivity index (χ3v) is 4.87. The molecule has 1 heterocycles. The molecule has 0 fully saturated rings. The fourth-order valence-corrected chi connectivity index (χ4v) is 3.53. The van der Waals surface area contributed by atoms with Crippen molar-refractivity contribution in [3.05, 3.63) is 64.4 Å². The third-order valence-electron chi connectivity index (χ3n) is 3.84. The van der Waals surface area contributed by atoms with Crippen molar-refractivity contribution in [1.29, 1.82) is 0 Å². The van der Waals surface area contributed by atoms with Crippen LogP contribution in [0.1, 0.15) is 23.5 Å². The van der Waals surface area contributed by atoms with Crippen LogP contribution in [0.4, 0.5) is 4.39 Å². The molecule has 2 aromatic rings. The van der Waals surface area contributed by atoms with E-state index in [-0.39, 0.29) is 11.9 Å². The van der Waals surface area contributed by atoms with E-state index in [0.717, 1.165) is 34.5 Å². The molecule has 0 N–H and O–H groups in total. The normalized spacial score (nSPS) is 18.1. The van der Waals surface area contributed by atoms with E-state index in [4.69, 9.17) is 16.3 Å². The number of ether oxygens (including phenoxy) is 1. The zero-order valence-corrected chi connectivity index (χ0v) is 13.7. The van der Waals surface area contributed by atoms with Crippen LogP contribution in [-0.2, 0) is 6.42 Å². The van der Waals surface area contributed by atoms with Crippen LogP contribution in [0.2, 0.25) is 5.02 Å². The number of alkyl halides is 1. The predicted molar refractivity (Wildman–Crippen MR) is 87.1 cm³/mol. The van der Waals surface area contributed by atoms with Gasteiger partial charge in [-0.1, -0.05) is 39.7 Å². The van der Waals surface area contributed by atoms with Gasteiger partial charge >= 0.3 is 0 Å². The molecular weight excluding hydrogens is 355 g/mol. The minimum Gasteiger partial charge on any atom is -0.490 e. The van der Waals surface area contributed by atoms with Gasteiger partial charge in [-0.05, 0) is 48.2 Å². The number of hydrogen-bond acceptors (Lipinski definition) is 1. The van der Waals surface area contributed by atoms with Crippen LogP contribution in [0.25, 0.3) is 0 Å². The smallest absolute Gasteiger partial charge is 0.123 e. The van der Waals surface area contributed by atoms with Crippen molar-refractivity contribution in [2.75, 3.05) is 5.33 Å². The van der Waals surface area contributed by atoms with Crippen LogP contribution >= 0.6 is 27.5 Å². The van der Waals surface area contributed by atoms with Crippen LogP contribution in [0.5, 0.6) is 5.75 Å². The maximum absolute atomic E-state index is 13.2. The minimum atomic E-state index is -0.201. The maximum Gasteiger partial charge on any atom is 0.123 e. The molecule has 2 atom stereocenters. The highest BCUT2D eigenvalue weighted by Gasteiger charge is 2.26. The zero-order valence-electron chi connectivity index (χ0n) is 11.4. The summed E-state index contributed by atoms with van der Waals surface area (Å²) in [6.07, 6.45) is 1.76. The van der Waals surface area contributed by atoms with Gasteiger partial charge in [0.05, 0.1) is 0 Å². The van der Waals surface area contributed by atoms with Gasteiger partial charge in [-0.2, -0.15) is 0 Å². The Hall–Kier alpha value is -1.06. The molecule has 110 valence electrons. The largest absolute Gasteiger partial charge is 0.490 e. The first-order valence-corrected chi connectivity index (χ1v) is 8.42. The van der Waals surface area contributed by atoms with Crippen molar-refractivity contribution in [3.63, 3.8) is 0 Å². The van der Waals surface area contributed by atoms with Gasteiger partial charge in [0.25, 0.3) is 0 Å². The molecule has 3 rings (SSSR count). The quantitative estimate of drug-likeness (QED) is 0.660. The average molecular weight is 370 g/mol. The van der Waals surface area contributed by atoms with E-state index in [0.29, 0.717) is 5.92 Å². The van der Waals surface area contributed by atoms with Crippen LogP contribution in [0.3, 0.4) is 0 Å². The Morgan fingerprint density at radius 1 is 1.24 bits per heavy atom. The Kier molecular flexibility index (Phi) is 4.51. The minimum absolute atomic E-state index is 0.0972. The highest BCUT2D eigenvalue weighted by molar-refractivity contribution is 9.09. The molecule has 1 nitrogen and oxygen atoms in total. The monoisotopic (exact) mass is 368 g/mol. The molecule has 0 aromatic heterocycles. The molecule has 1 aliphatic rings. The van der Waals surface area contributed by atoms with E-state index in [1.807, 2.05) is 12.1 Å². The Morgan fingerprint density at radius 2 is 2.00 bits per heavy atom. The Balaban J connectivity index is 1.70. The molecule has 1 aliphatic heterocycles. The van der Waals surface area contributed by atoms with Gasteiger partial charge in [0.1, 0.15) is 17.7 Å². The van der Waals surface area contributed by atoms with Crippen LogP contribution in [-0.4, -0.2) is 11.4 Å². The lowest BCUT2D eigenvalue weighted by molar-refractivity contribution is 0.213. The summed E-state index contributed by atoms with van der Waals surface area (Å²) in [7, 11) is 0. The highest BCUT2D eigenvalue weighted by atomic mass is 79.9. The van der Waals surface area contributed by atoms with Gasteiger partial charge in [0, 0.05) is 22.3 Å². The molecule has 2 unspecified atom stereocenters. The summed E-state index contributed by atoms with van der Waals surface area (Å²) in [6, 6.07) is 12.7. The first-order chi connectivity index (χ1) is 10.2. The van der Waals surface area contributed by atoms with Gasteiger partial charge in [-0.3, -0.25) is 0 Å². The molecule has 21 heavy (non-hydrogen) atoms. The van der Waals surface area contributed by atoms with Gasteiger partial charge in [-0.25, -0.2) is 4.39 Å². The molecule has 0 amide bonds. The highest BCUT2D eigenvalue weighted by Crippen LogP contribution is 2.34. The third kappa shape index (κ3) is 3.41. The maximum atomic E-state index is 13.2. The van der Waals surface area contributed by atoms with Crippen LogP contribution < -0.4 is 4.74 Å². The van der Waals surface area contributed by atoms with Crippen molar-refractivity contribution in [2.45, 2.75) is 24.9 Å². The van der Waals surface area contributed by atoms with Gasteiger partial charge < -0.3 is 4.74 Å². The second-order valence-corrected chi connectivity index (χ2v) is 6.42. The summed E-state index contributed by atoms with van der Waals surface area (Å²) in [4.78, 5) is 0. The van der Waals surface area contributed by atoms with E-state index in [2.05, 4.69) is 28.1 Å². The Labute approximate surface area is 137 Å². The van der Waals surface area contributed by atoms with Crippen molar-refractivity contribution in [1.82, 2.24) is 0 Å². The lowest BCUT2D eigenvalue weighted by Gasteiger charge is -2.19. The molecule has 0 saturated heterocycles. The lowest BCUT2D eigenvalue weighted by atomic mass is 9.93. The zero-order chi connectivity index (χ0) is 14.8. The van der Waals surface area contributed by atoms with Crippen molar-refractivity contribution in [2.24, 2.45) is 0 Å². The number of fused-ring (bicyclic) bond motifs is 1. The Bertz CT molecular complexity index is 629. The molecule has 4 heteroatoms. The van der Waals surface area contributed by atoms with Gasteiger partial charge in [0.15, 0.2) is 0 Å². The summed E-state index contributed by atoms with van der Waals surface area (Å²) >= 11 is 9.51. The first kappa shape index (κ1) is 14.9. The summed E-state index contributed by atoms with van der Waals surface area (Å²) in [5, 5.41) is 1.60. The number of hydrogen-bond donors (Lipinski definition) is 0. The van der Waals surface area contributed by atoms with Crippen LogP contribution in [0, 0.1) is 5.82 Å². The summed E-state index contributed by atoms with van der Waals surface area (Å²) in [5.74, 6) is 0.963.